The van der Waals surface area contributed by atoms with Crippen molar-refractivity contribution in [2.45, 2.75) is 13.8 Å². The molecule has 0 aliphatic rings. The summed E-state index contributed by atoms with van der Waals surface area (Å²) in [7, 11) is 1.62. The number of nitrogens with zero attached hydrogens (tertiary/aromatic N) is 1. The lowest BCUT2D eigenvalue weighted by molar-refractivity contribution is -0.119. The number of carbonyl (C=O) groups excluding carboxylic acids is 1. The van der Waals surface area contributed by atoms with E-state index in [1.807, 2.05) is 62.4 Å². The SMILES string of the molecule is CCOc1ccc(NCC(=O)N/N=C(/C)c2ccc(OC)cc2)cc1. The zero-order valence-electron chi connectivity index (χ0n) is 14.7. The molecular weight excluding hydrogens is 318 g/mol. The average molecular weight is 341 g/mol. The highest BCUT2D eigenvalue weighted by Gasteiger charge is 2.02. The lowest BCUT2D eigenvalue weighted by atomic mass is 10.1. The second-order valence-electron chi connectivity index (χ2n) is 5.27. The van der Waals surface area contributed by atoms with E-state index in [4.69, 9.17) is 9.47 Å². The summed E-state index contributed by atoms with van der Waals surface area (Å²) in [5, 5.41) is 7.16. The molecule has 0 fully saturated rings. The van der Waals surface area contributed by atoms with Gasteiger partial charge in [-0.15, -0.1) is 0 Å². The van der Waals surface area contributed by atoms with E-state index in [1.165, 1.54) is 0 Å². The summed E-state index contributed by atoms with van der Waals surface area (Å²) in [6.07, 6.45) is 0. The van der Waals surface area contributed by atoms with Gasteiger partial charge >= 0.3 is 0 Å². The van der Waals surface area contributed by atoms with Crippen LogP contribution in [0.3, 0.4) is 0 Å². The molecule has 6 nitrogen and oxygen atoms in total. The molecule has 1 amide bonds. The van der Waals surface area contributed by atoms with Gasteiger partial charge in [-0.2, -0.15) is 5.10 Å². The third-order valence-electron chi connectivity index (χ3n) is 3.47. The summed E-state index contributed by atoms with van der Waals surface area (Å²) in [5.41, 5.74) is 5.02. The number of hydrogen-bond donors (Lipinski definition) is 2. The van der Waals surface area contributed by atoms with Gasteiger partial charge in [-0.3, -0.25) is 4.79 Å². The van der Waals surface area contributed by atoms with Crippen LogP contribution in [-0.2, 0) is 4.79 Å². The van der Waals surface area contributed by atoms with E-state index in [0.717, 1.165) is 28.5 Å². The van der Waals surface area contributed by atoms with Gasteiger partial charge in [0, 0.05) is 5.69 Å². The van der Waals surface area contributed by atoms with Crippen LogP contribution in [0.5, 0.6) is 11.5 Å². The highest BCUT2D eigenvalue weighted by Crippen LogP contribution is 2.15. The van der Waals surface area contributed by atoms with Crippen LogP contribution in [0.25, 0.3) is 0 Å². The summed E-state index contributed by atoms with van der Waals surface area (Å²) in [6.45, 7) is 4.53. The van der Waals surface area contributed by atoms with Crippen molar-refractivity contribution in [3.63, 3.8) is 0 Å². The average Bonchev–Trinajstić information content (AvgIpc) is 2.66. The van der Waals surface area contributed by atoms with Gasteiger partial charge in [0.2, 0.25) is 0 Å². The maximum absolute atomic E-state index is 11.9. The first-order chi connectivity index (χ1) is 12.1. The van der Waals surface area contributed by atoms with Gasteiger partial charge in [-0.05, 0) is 67.9 Å². The number of methoxy groups -OCH3 is 1. The maximum atomic E-state index is 11.9. The van der Waals surface area contributed by atoms with Crippen molar-refractivity contribution >= 4 is 17.3 Å². The number of carbonyl (C=O) groups is 1. The highest BCUT2D eigenvalue weighted by atomic mass is 16.5. The van der Waals surface area contributed by atoms with Gasteiger partial charge in [0.05, 0.1) is 26.0 Å². The molecule has 2 aromatic rings. The standard InChI is InChI=1S/C19H23N3O3/c1-4-25-18-11-7-16(8-12-18)20-13-19(23)22-21-14(2)15-5-9-17(24-3)10-6-15/h5-12,20H,4,13H2,1-3H3,(H,22,23)/b21-14-. The van der Waals surface area contributed by atoms with E-state index in [-0.39, 0.29) is 12.5 Å². The van der Waals surface area contributed by atoms with Crippen molar-refractivity contribution in [1.82, 2.24) is 5.43 Å². The Morgan fingerprint density at radius 2 is 1.68 bits per heavy atom. The van der Waals surface area contributed by atoms with Crippen LogP contribution in [0.4, 0.5) is 5.69 Å². The molecule has 0 saturated carbocycles. The second kappa shape index (κ2) is 9.32. The number of hydrogen-bond acceptors (Lipinski definition) is 5. The quantitative estimate of drug-likeness (QED) is 0.572. The number of ether oxygens (including phenoxy) is 2. The summed E-state index contributed by atoms with van der Waals surface area (Å²) in [4.78, 5) is 11.9. The molecule has 132 valence electrons. The molecule has 0 aliphatic heterocycles. The van der Waals surface area contributed by atoms with Crippen molar-refractivity contribution in [3.05, 3.63) is 54.1 Å². The number of rotatable bonds is 8. The minimum Gasteiger partial charge on any atom is -0.497 e. The summed E-state index contributed by atoms with van der Waals surface area (Å²) < 4.78 is 10.5. The number of nitrogens with one attached hydrogen (secondary N) is 2. The van der Waals surface area contributed by atoms with E-state index < -0.39 is 0 Å². The Labute approximate surface area is 147 Å². The van der Waals surface area contributed by atoms with Crippen molar-refractivity contribution in [2.75, 3.05) is 25.6 Å². The summed E-state index contributed by atoms with van der Waals surface area (Å²) >= 11 is 0. The lowest BCUT2D eigenvalue weighted by Crippen LogP contribution is -2.26. The monoisotopic (exact) mass is 341 g/mol. The Morgan fingerprint density at radius 1 is 1.04 bits per heavy atom. The Morgan fingerprint density at radius 3 is 2.28 bits per heavy atom. The first-order valence-electron chi connectivity index (χ1n) is 8.06. The Hall–Kier alpha value is -3.02. The van der Waals surface area contributed by atoms with Crippen LogP contribution >= 0.6 is 0 Å². The Kier molecular flexibility index (Phi) is 6.83. The van der Waals surface area contributed by atoms with E-state index in [1.54, 1.807) is 7.11 Å². The Balaban J connectivity index is 1.82. The van der Waals surface area contributed by atoms with Gasteiger partial charge in [0.1, 0.15) is 11.5 Å². The molecule has 2 aromatic carbocycles. The van der Waals surface area contributed by atoms with Gasteiger partial charge in [0.15, 0.2) is 0 Å². The molecule has 0 saturated heterocycles. The highest BCUT2D eigenvalue weighted by molar-refractivity contribution is 5.99. The fraction of sp³-hybridized carbons (Fsp3) is 0.263. The topological polar surface area (TPSA) is 72.0 Å². The molecule has 0 heterocycles. The predicted octanol–water partition coefficient (Wildman–Crippen LogP) is 3.05. The van der Waals surface area contributed by atoms with Gasteiger partial charge in [0.25, 0.3) is 5.91 Å². The van der Waals surface area contributed by atoms with Crippen LogP contribution < -0.4 is 20.2 Å². The van der Waals surface area contributed by atoms with Crippen molar-refractivity contribution in [3.8, 4) is 11.5 Å². The smallest absolute Gasteiger partial charge is 0.259 e. The molecule has 0 radical (unpaired) electrons. The summed E-state index contributed by atoms with van der Waals surface area (Å²) in [5.74, 6) is 1.36. The molecule has 2 rings (SSSR count). The fourth-order valence-corrected chi connectivity index (χ4v) is 2.10. The zero-order chi connectivity index (χ0) is 18.1. The van der Waals surface area contributed by atoms with Crippen molar-refractivity contribution in [1.29, 1.82) is 0 Å². The first-order valence-corrected chi connectivity index (χ1v) is 8.06. The van der Waals surface area contributed by atoms with Crippen LogP contribution in [0.1, 0.15) is 19.4 Å². The van der Waals surface area contributed by atoms with E-state index >= 15 is 0 Å². The molecule has 0 aromatic heterocycles. The molecule has 0 bridgehead atoms. The molecular formula is C19H23N3O3. The second-order valence-corrected chi connectivity index (χ2v) is 5.27. The predicted molar refractivity (Wildman–Crippen MR) is 99.4 cm³/mol. The van der Waals surface area contributed by atoms with Gasteiger partial charge < -0.3 is 14.8 Å². The van der Waals surface area contributed by atoms with Gasteiger partial charge in [-0.1, -0.05) is 0 Å². The minimum atomic E-state index is -0.221. The molecule has 6 heteroatoms. The molecule has 0 spiro atoms. The molecule has 0 atom stereocenters. The lowest BCUT2D eigenvalue weighted by Gasteiger charge is -2.08. The summed E-state index contributed by atoms with van der Waals surface area (Å²) in [6, 6.07) is 14.9. The van der Waals surface area contributed by atoms with Crippen molar-refractivity contribution in [2.24, 2.45) is 5.10 Å². The van der Waals surface area contributed by atoms with Gasteiger partial charge in [-0.25, -0.2) is 5.43 Å². The van der Waals surface area contributed by atoms with E-state index in [9.17, 15) is 4.79 Å². The molecule has 25 heavy (non-hydrogen) atoms. The molecule has 0 aliphatic carbocycles. The third kappa shape index (κ3) is 5.84. The van der Waals surface area contributed by atoms with Crippen molar-refractivity contribution < 1.29 is 14.3 Å². The minimum absolute atomic E-state index is 0.132. The number of benzene rings is 2. The third-order valence-corrected chi connectivity index (χ3v) is 3.47. The maximum Gasteiger partial charge on any atom is 0.259 e. The largest absolute Gasteiger partial charge is 0.497 e. The Bertz CT molecular complexity index is 710. The molecule has 0 unspecified atom stereocenters. The number of anilines is 1. The van der Waals surface area contributed by atoms with E-state index in [2.05, 4.69) is 15.8 Å². The van der Waals surface area contributed by atoms with Crippen LogP contribution in [0.15, 0.2) is 53.6 Å². The van der Waals surface area contributed by atoms with Crippen LogP contribution in [-0.4, -0.2) is 31.9 Å². The van der Waals surface area contributed by atoms with Crippen LogP contribution in [0.2, 0.25) is 0 Å². The zero-order valence-corrected chi connectivity index (χ0v) is 14.7. The normalized spacial score (nSPS) is 10.9. The molecule has 2 N–H and O–H groups in total. The number of hydrazone groups is 1. The first kappa shape index (κ1) is 18.3. The number of amides is 1. The fourth-order valence-electron chi connectivity index (χ4n) is 2.10. The van der Waals surface area contributed by atoms with Crippen LogP contribution in [0, 0.1) is 0 Å². The van der Waals surface area contributed by atoms with E-state index in [0.29, 0.717) is 6.61 Å².